The smallest absolute Gasteiger partial charge is 0.224 e. The van der Waals surface area contributed by atoms with Crippen molar-refractivity contribution in [1.82, 2.24) is 9.97 Å². The van der Waals surface area contributed by atoms with E-state index in [1.807, 2.05) is 43.3 Å². The number of hydrogen-bond donors (Lipinski definition) is 2. The van der Waals surface area contributed by atoms with Crippen molar-refractivity contribution in [3.8, 4) is 11.3 Å². The minimum atomic E-state index is -0.0328. The van der Waals surface area contributed by atoms with Crippen molar-refractivity contribution in [3.63, 3.8) is 0 Å². The Morgan fingerprint density at radius 1 is 1.26 bits per heavy atom. The molecule has 1 aromatic carbocycles. The highest BCUT2D eigenvalue weighted by Gasteiger charge is 2.09. The molecule has 0 fully saturated rings. The Bertz CT molecular complexity index is 529. The summed E-state index contributed by atoms with van der Waals surface area (Å²) in [6.45, 7) is 2.05. The van der Waals surface area contributed by atoms with Crippen molar-refractivity contribution in [3.05, 3.63) is 41.7 Å². The predicted molar refractivity (Wildman–Crippen MR) is 77.3 cm³/mol. The predicted octanol–water partition coefficient (Wildman–Crippen LogP) is 2.98. The zero-order chi connectivity index (χ0) is 13.7. The van der Waals surface area contributed by atoms with Crippen LogP contribution in [0.25, 0.3) is 11.3 Å². The first-order chi connectivity index (χ1) is 9.22. The van der Waals surface area contributed by atoms with Gasteiger partial charge in [0.05, 0.1) is 18.3 Å². The summed E-state index contributed by atoms with van der Waals surface area (Å²) in [6, 6.07) is 11.6. The van der Waals surface area contributed by atoms with Gasteiger partial charge in [-0.3, -0.25) is 0 Å². The number of halogens is 1. The zero-order valence-electron chi connectivity index (χ0n) is 10.7. The van der Waals surface area contributed by atoms with Crippen molar-refractivity contribution < 1.29 is 5.11 Å². The topological polar surface area (TPSA) is 58.0 Å². The molecule has 0 aliphatic carbocycles. The molecule has 0 bridgehead atoms. The number of rotatable bonds is 5. The van der Waals surface area contributed by atoms with E-state index < -0.39 is 0 Å². The molecule has 0 saturated carbocycles. The monoisotopic (exact) mass is 277 g/mol. The number of aliphatic hydroxyl groups is 1. The highest BCUT2D eigenvalue weighted by Crippen LogP contribution is 2.21. The molecule has 2 rings (SSSR count). The lowest BCUT2D eigenvalue weighted by Crippen LogP contribution is -2.23. The third-order valence-corrected chi connectivity index (χ3v) is 3.00. The van der Waals surface area contributed by atoms with Crippen molar-refractivity contribution in [2.24, 2.45) is 0 Å². The van der Waals surface area contributed by atoms with E-state index >= 15 is 0 Å². The molecule has 2 N–H and O–H groups in total. The Morgan fingerprint density at radius 3 is 2.63 bits per heavy atom. The van der Waals surface area contributed by atoms with E-state index in [2.05, 4.69) is 15.3 Å². The van der Waals surface area contributed by atoms with Crippen LogP contribution in [0.4, 0.5) is 5.82 Å². The lowest BCUT2D eigenvalue weighted by atomic mass is 10.1. The van der Waals surface area contributed by atoms with Gasteiger partial charge in [-0.15, -0.1) is 0 Å². The lowest BCUT2D eigenvalue weighted by molar-refractivity contribution is 0.271. The Balaban J connectivity index is 2.30. The quantitative estimate of drug-likeness (QED) is 0.825. The average Bonchev–Trinajstić information content (AvgIpc) is 2.45. The number of benzene rings is 1. The van der Waals surface area contributed by atoms with Gasteiger partial charge in [0.1, 0.15) is 5.82 Å². The molecule has 2 aromatic rings. The van der Waals surface area contributed by atoms with Crippen LogP contribution in [0.1, 0.15) is 13.3 Å². The molecule has 1 atom stereocenters. The van der Waals surface area contributed by atoms with Gasteiger partial charge >= 0.3 is 0 Å². The minimum Gasteiger partial charge on any atom is -0.394 e. The average molecular weight is 278 g/mol. The number of nitrogens with zero attached hydrogens (tertiary/aromatic N) is 2. The normalized spacial score (nSPS) is 12.2. The Morgan fingerprint density at radius 2 is 2.00 bits per heavy atom. The number of hydrogen-bond acceptors (Lipinski definition) is 4. The van der Waals surface area contributed by atoms with E-state index in [1.165, 1.54) is 0 Å². The maximum absolute atomic E-state index is 9.20. The molecule has 0 saturated heterocycles. The van der Waals surface area contributed by atoms with E-state index in [-0.39, 0.29) is 17.9 Å². The van der Waals surface area contributed by atoms with Crippen LogP contribution in [0.3, 0.4) is 0 Å². The zero-order valence-corrected chi connectivity index (χ0v) is 11.4. The van der Waals surface area contributed by atoms with Gasteiger partial charge < -0.3 is 10.4 Å². The van der Waals surface area contributed by atoms with Gasteiger partial charge in [-0.2, -0.15) is 0 Å². The molecule has 0 aliphatic heterocycles. The second-order valence-corrected chi connectivity index (χ2v) is 4.54. The van der Waals surface area contributed by atoms with Gasteiger partial charge in [-0.05, 0) is 18.0 Å². The van der Waals surface area contributed by atoms with E-state index in [4.69, 9.17) is 11.6 Å². The molecule has 5 heteroatoms. The third kappa shape index (κ3) is 3.66. The van der Waals surface area contributed by atoms with Crippen LogP contribution in [0.15, 0.2) is 36.4 Å². The molecule has 0 amide bonds. The van der Waals surface area contributed by atoms with Gasteiger partial charge in [0, 0.05) is 11.6 Å². The highest BCUT2D eigenvalue weighted by atomic mass is 35.5. The maximum Gasteiger partial charge on any atom is 0.224 e. The van der Waals surface area contributed by atoms with Crippen LogP contribution in [0.5, 0.6) is 0 Å². The maximum atomic E-state index is 9.20. The Labute approximate surface area is 117 Å². The van der Waals surface area contributed by atoms with Crippen LogP contribution >= 0.6 is 11.6 Å². The number of aliphatic hydroxyl groups excluding tert-OH is 1. The molecule has 19 heavy (non-hydrogen) atoms. The van der Waals surface area contributed by atoms with Crippen molar-refractivity contribution in [1.29, 1.82) is 0 Å². The van der Waals surface area contributed by atoms with Crippen LogP contribution in [0.2, 0.25) is 5.28 Å². The van der Waals surface area contributed by atoms with Crippen molar-refractivity contribution in [2.45, 2.75) is 19.4 Å². The second kappa shape index (κ2) is 6.50. The number of nitrogens with one attached hydrogen (secondary N) is 1. The standard InChI is InChI=1S/C14H16ClN3O/c1-2-11(9-19)16-13-8-12(17-14(15)18-13)10-6-4-3-5-7-10/h3-8,11,19H,2,9H2,1H3,(H,16,17,18). The van der Waals surface area contributed by atoms with Gasteiger partial charge in [-0.1, -0.05) is 37.3 Å². The number of aromatic nitrogens is 2. The lowest BCUT2D eigenvalue weighted by Gasteiger charge is -2.15. The van der Waals surface area contributed by atoms with E-state index in [1.54, 1.807) is 0 Å². The van der Waals surface area contributed by atoms with Gasteiger partial charge in [0.25, 0.3) is 0 Å². The molecule has 100 valence electrons. The largest absolute Gasteiger partial charge is 0.394 e. The van der Waals surface area contributed by atoms with Crippen LogP contribution in [-0.2, 0) is 0 Å². The van der Waals surface area contributed by atoms with Crippen molar-refractivity contribution >= 4 is 17.4 Å². The van der Waals surface area contributed by atoms with Crippen LogP contribution < -0.4 is 5.32 Å². The summed E-state index contributed by atoms with van der Waals surface area (Å²) in [5.74, 6) is 0.625. The Hall–Kier alpha value is -1.65. The second-order valence-electron chi connectivity index (χ2n) is 4.21. The fourth-order valence-corrected chi connectivity index (χ4v) is 1.92. The fraction of sp³-hybridized carbons (Fsp3) is 0.286. The summed E-state index contributed by atoms with van der Waals surface area (Å²) >= 11 is 5.95. The van der Waals surface area contributed by atoms with Crippen LogP contribution in [-0.4, -0.2) is 27.7 Å². The fourth-order valence-electron chi connectivity index (χ4n) is 1.73. The van der Waals surface area contributed by atoms with Crippen molar-refractivity contribution in [2.75, 3.05) is 11.9 Å². The van der Waals surface area contributed by atoms with E-state index in [0.29, 0.717) is 5.82 Å². The highest BCUT2D eigenvalue weighted by molar-refractivity contribution is 6.28. The molecule has 0 spiro atoms. The summed E-state index contributed by atoms with van der Waals surface area (Å²) < 4.78 is 0. The first-order valence-corrected chi connectivity index (χ1v) is 6.58. The van der Waals surface area contributed by atoms with Gasteiger partial charge in [0.15, 0.2) is 0 Å². The number of anilines is 1. The molecular weight excluding hydrogens is 262 g/mol. The molecule has 4 nitrogen and oxygen atoms in total. The summed E-state index contributed by atoms with van der Waals surface area (Å²) in [5, 5.41) is 12.5. The van der Waals surface area contributed by atoms with E-state index in [0.717, 1.165) is 17.7 Å². The van der Waals surface area contributed by atoms with Gasteiger partial charge in [-0.25, -0.2) is 9.97 Å². The molecule has 0 radical (unpaired) electrons. The summed E-state index contributed by atoms with van der Waals surface area (Å²) in [4.78, 5) is 8.34. The SMILES string of the molecule is CCC(CO)Nc1cc(-c2ccccc2)nc(Cl)n1. The summed E-state index contributed by atoms with van der Waals surface area (Å²) in [7, 11) is 0. The first-order valence-electron chi connectivity index (χ1n) is 6.20. The third-order valence-electron chi connectivity index (χ3n) is 2.83. The molecule has 1 aromatic heterocycles. The molecule has 0 aliphatic rings. The molecule has 1 heterocycles. The van der Waals surface area contributed by atoms with E-state index in [9.17, 15) is 5.11 Å². The first kappa shape index (κ1) is 13.8. The van der Waals surface area contributed by atoms with Gasteiger partial charge in [0.2, 0.25) is 5.28 Å². The minimum absolute atomic E-state index is 0.0328. The van der Waals surface area contributed by atoms with Crippen LogP contribution in [0, 0.1) is 0 Å². The Kier molecular flexibility index (Phi) is 4.71. The molecular formula is C14H16ClN3O. The summed E-state index contributed by atoms with van der Waals surface area (Å²) in [5.41, 5.74) is 1.74. The molecule has 1 unspecified atom stereocenters. The summed E-state index contributed by atoms with van der Waals surface area (Å²) in [6.07, 6.45) is 0.804.